The number of aliphatic imine (C=N–C) groups is 1. The number of ether oxygens (including phenoxy) is 1. The van der Waals surface area contributed by atoms with E-state index in [9.17, 15) is 0 Å². The van der Waals surface area contributed by atoms with Crippen molar-refractivity contribution in [1.82, 2.24) is 20.4 Å². The highest BCUT2D eigenvalue weighted by atomic mass is 127. The topological polar surface area (TPSA) is 63.5 Å². The molecule has 0 radical (unpaired) electrons. The molecule has 2 aromatic carbocycles. The maximum atomic E-state index is 5.57. The molecule has 31 heavy (non-hydrogen) atoms. The van der Waals surface area contributed by atoms with Gasteiger partial charge in [0.15, 0.2) is 5.96 Å². The normalized spacial score (nSPS) is 14.5. The molecule has 0 spiro atoms. The van der Waals surface area contributed by atoms with Gasteiger partial charge in [-0.2, -0.15) is 5.10 Å². The molecule has 4 rings (SSSR count). The third-order valence-electron chi connectivity index (χ3n) is 5.76. The van der Waals surface area contributed by atoms with Gasteiger partial charge in [0, 0.05) is 43.5 Å². The second-order valence-corrected chi connectivity index (χ2v) is 7.70. The third kappa shape index (κ3) is 5.58. The lowest BCUT2D eigenvalue weighted by molar-refractivity contribution is 0.403. The summed E-state index contributed by atoms with van der Waals surface area (Å²) >= 11 is 0. The standard InChI is InChI=1S/C24H29N5O.HI/c1-25-23(27-18-24(13-14-24)21-6-3-4-7-22(21)30-2)26-16-12-19-8-10-20(11-9-19)29-17-5-15-28-29;/h3-11,15,17H,12-14,16,18H2,1-2H3,(H2,25,26,27);1H. The number of hydrogen-bond acceptors (Lipinski definition) is 3. The van der Waals surface area contributed by atoms with E-state index in [2.05, 4.69) is 57.1 Å². The van der Waals surface area contributed by atoms with Crippen LogP contribution in [0.2, 0.25) is 0 Å². The first-order chi connectivity index (χ1) is 14.7. The fourth-order valence-corrected chi connectivity index (χ4v) is 3.81. The monoisotopic (exact) mass is 531 g/mol. The number of benzene rings is 2. The number of methoxy groups -OCH3 is 1. The fourth-order valence-electron chi connectivity index (χ4n) is 3.81. The molecule has 1 fully saturated rings. The Kier molecular flexibility index (Phi) is 7.95. The van der Waals surface area contributed by atoms with Crippen molar-refractivity contribution in [3.63, 3.8) is 0 Å². The van der Waals surface area contributed by atoms with Crippen molar-refractivity contribution in [2.24, 2.45) is 4.99 Å². The number of hydrogen-bond donors (Lipinski definition) is 2. The van der Waals surface area contributed by atoms with E-state index in [1.54, 1.807) is 13.3 Å². The van der Waals surface area contributed by atoms with E-state index in [1.165, 1.54) is 24.0 Å². The van der Waals surface area contributed by atoms with E-state index in [0.29, 0.717) is 0 Å². The minimum absolute atomic E-state index is 0. The first-order valence-electron chi connectivity index (χ1n) is 10.4. The van der Waals surface area contributed by atoms with Gasteiger partial charge in [0.25, 0.3) is 0 Å². The molecule has 1 aliphatic carbocycles. The maximum Gasteiger partial charge on any atom is 0.191 e. The molecule has 2 N–H and O–H groups in total. The van der Waals surface area contributed by atoms with Gasteiger partial charge < -0.3 is 15.4 Å². The van der Waals surface area contributed by atoms with Crippen molar-refractivity contribution in [2.75, 3.05) is 27.2 Å². The maximum absolute atomic E-state index is 5.57. The summed E-state index contributed by atoms with van der Waals surface area (Å²) in [6, 6.07) is 18.7. The summed E-state index contributed by atoms with van der Waals surface area (Å²) in [4.78, 5) is 4.39. The van der Waals surface area contributed by atoms with Gasteiger partial charge in [0.05, 0.1) is 12.8 Å². The van der Waals surface area contributed by atoms with Crippen LogP contribution in [0.15, 0.2) is 72.0 Å². The Hall–Kier alpha value is -2.55. The minimum Gasteiger partial charge on any atom is -0.496 e. The van der Waals surface area contributed by atoms with Crippen molar-refractivity contribution < 1.29 is 4.74 Å². The van der Waals surface area contributed by atoms with E-state index in [4.69, 9.17) is 4.74 Å². The molecule has 164 valence electrons. The quantitative estimate of drug-likeness (QED) is 0.263. The molecule has 6 nitrogen and oxygen atoms in total. The molecular weight excluding hydrogens is 501 g/mol. The number of nitrogens with zero attached hydrogens (tertiary/aromatic N) is 3. The lowest BCUT2D eigenvalue weighted by atomic mass is 9.95. The van der Waals surface area contributed by atoms with E-state index in [1.807, 2.05) is 36.1 Å². The molecule has 0 unspecified atom stereocenters. The molecule has 0 amide bonds. The Morgan fingerprint density at radius 2 is 1.87 bits per heavy atom. The van der Waals surface area contributed by atoms with Crippen molar-refractivity contribution >= 4 is 29.9 Å². The average Bonchev–Trinajstić information content (AvgIpc) is 3.38. The third-order valence-corrected chi connectivity index (χ3v) is 5.76. The summed E-state index contributed by atoms with van der Waals surface area (Å²) in [6.45, 7) is 1.67. The van der Waals surface area contributed by atoms with Gasteiger partial charge in [0.2, 0.25) is 0 Å². The summed E-state index contributed by atoms with van der Waals surface area (Å²) in [5, 5.41) is 11.2. The van der Waals surface area contributed by atoms with Crippen molar-refractivity contribution in [2.45, 2.75) is 24.7 Å². The van der Waals surface area contributed by atoms with E-state index in [-0.39, 0.29) is 29.4 Å². The van der Waals surface area contributed by atoms with Crippen LogP contribution < -0.4 is 15.4 Å². The van der Waals surface area contributed by atoms with E-state index < -0.39 is 0 Å². The summed E-state index contributed by atoms with van der Waals surface area (Å²) in [7, 11) is 3.56. The van der Waals surface area contributed by atoms with Crippen molar-refractivity contribution in [3.05, 3.63) is 78.1 Å². The smallest absolute Gasteiger partial charge is 0.191 e. The van der Waals surface area contributed by atoms with Crippen LogP contribution in [0, 0.1) is 0 Å². The molecule has 0 aliphatic heterocycles. The summed E-state index contributed by atoms with van der Waals surface area (Å²) in [5.74, 6) is 1.81. The van der Waals surface area contributed by atoms with Crippen LogP contribution >= 0.6 is 24.0 Å². The molecule has 0 atom stereocenters. The Morgan fingerprint density at radius 1 is 1.10 bits per heavy atom. The van der Waals surface area contributed by atoms with E-state index in [0.717, 1.165) is 36.9 Å². The first kappa shape index (κ1) is 23.1. The molecule has 7 heteroatoms. The molecule has 0 saturated heterocycles. The second kappa shape index (κ2) is 10.7. The lowest BCUT2D eigenvalue weighted by Crippen LogP contribution is -2.42. The van der Waals surface area contributed by atoms with Gasteiger partial charge in [-0.25, -0.2) is 4.68 Å². The first-order valence-corrected chi connectivity index (χ1v) is 10.4. The zero-order valence-corrected chi connectivity index (χ0v) is 20.4. The number of aromatic nitrogens is 2. The molecular formula is C24H30IN5O. The molecule has 1 saturated carbocycles. The number of nitrogens with one attached hydrogen (secondary N) is 2. The van der Waals surface area contributed by atoms with E-state index >= 15 is 0 Å². The van der Waals surface area contributed by atoms with Gasteiger partial charge in [-0.15, -0.1) is 24.0 Å². The van der Waals surface area contributed by atoms with Gasteiger partial charge in [-0.05, 0) is 49.1 Å². The fraction of sp³-hybridized carbons (Fsp3) is 0.333. The largest absolute Gasteiger partial charge is 0.496 e. The zero-order chi connectivity index (χ0) is 20.8. The minimum atomic E-state index is 0. The predicted molar refractivity (Wildman–Crippen MR) is 136 cm³/mol. The Balaban J connectivity index is 0.00000272. The summed E-state index contributed by atoms with van der Waals surface area (Å²) in [5.41, 5.74) is 3.78. The van der Waals surface area contributed by atoms with Gasteiger partial charge in [-0.3, -0.25) is 4.99 Å². The van der Waals surface area contributed by atoms with Crippen molar-refractivity contribution in [1.29, 1.82) is 0 Å². The number of halogens is 1. The van der Waals surface area contributed by atoms with Crippen LogP contribution in [-0.4, -0.2) is 43.0 Å². The predicted octanol–water partition coefficient (Wildman–Crippen LogP) is 3.94. The van der Waals surface area contributed by atoms with Crippen LogP contribution in [0.3, 0.4) is 0 Å². The van der Waals surface area contributed by atoms with Gasteiger partial charge in [-0.1, -0.05) is 30.3 Å². The van der Waals surface area contributed by atoms with Crippen LogP contribution in [0.4, 0.5) is 0 Å². The molecule has 3 aromatic rings. The lowest BCUT2D eigenvalue weighted by Gasteiger charge is -2.21. The highest BCUT2D eigenvalue weighted by Gasteiger charge is 2.46. The van der Waals surface area contributed by atoms with Crippen LogP contribution in [0.5, 0.6) is 5.75 Å². The second-order valence-electron chi connectivity index (χ2n) is 7.70. The number of guanidine groups is 1. The highest BCUT2D eigenvalue weighted by Crippen LogP contribution is 2.50. The number of para-hydroxylation sites is 1. The van der Waals surface area contributed by atoms with Crippen molar-refractivity contribution in [3.8, 4) is 11.4 Å². The zero-order valence-electron chi connectivity index (χ0n) is 18.0. The number of rotatable bonds is 8. The summed E-state index contributed by atoms with van der Waals surface area (Å²) in [6.07, 6.45) is 7.00. The molecule has 1 aromatic heterocycles. The van der Waals surface area contributed by atoms with Gasteiger partial charge >= 0.3 is 0 Å². The Labute approximate surface area is 201 Å². The van der Waals surface area contributed by atoms with Crippen LogP contribution in [0.25, 0.3) is 5.69 Å². The Bertz CT molecular complexity index is 981. The highest BCUT2D eigenvalue weighted by molar-refractivity contribution is 14.0. The molecule has 1 heterocycles. The SMILES string of the molecule is CN=C(NCCc1ccc(-n2cccn2)cc1)NCC1(c2ccccc2OC)CC1.I. The van der Waals surface area contributed by atoms with Crippen LogP contribution in [0.1, 0.15) is 24.0 Å². The van der Waals surface area contributed by atoms with Gasteiger partial charge in [0.1, 0.15) is 5.75 Å². The average molecular weight is 531 g/mol. The Morgan fingerprint density at radius 3 is 2.52 bits per heavy atom. The van der Waals surface area contributed by atoms with Crippen LogP contribution in [-0.2, 0) is 11.8 Å². The summed E-state index contributed by atoms with van der Waals surface area (Å²) < 4.78 is 7.44. The molecule has 0 bridgehead atoms. The molecule has 1 aliphatic rings.